The van der Waals surface area contributed by atoms with Crippen molar-refractivity contribution in [2.75, 3.05) is 13.3 Å². The van der Waals surface area contributed by atoms with Gasteiger partial charge in [0, 0.05) is 0 Å². The summed E-state index contributed by atoms with van der Waals surface area (Å²) in [6.45, 7) is 4.03. The minimum atomic E-state index is -0.454. The molecule has 2 aromatic carbocycles. The molecule has 2 aromatic rings. The van der Waals surface area contributed by atoms with E-state index in [2.05, 4.69) is 32.0 Å². The Kier molecular flexibility index (Phi) is 3.62. The number of rotatable bonds is 4. The van der Waals surface area contributed by atoms with Gasteiger partial charge in [0.1, 0.15) is 19.0 Å². The van der Waals surface area contributed by atoms with Gasteiger partial charge in [-0.05, 0) is 34.4 Å². The highest BCUT2D eigenvalue weighted by atomic mass is 19.1. The summed E-state index contributed by atoms with van der Waals surface area (Å²) in [6, 6.07) is 12.3. The molecule has 17 heavy (non-hydrogen) atoms. The molecule has 0 saturated heterocycles. The molecule has 0 aliphatic rings. The van der Waals surface area contributed by atoms with Crippen molar-refractivity contribution in [3.05, 3.63) is 42.0 Å². The normalized spacial score (nSPS) is 11.1. The van der Waals surface area contributed by atoms with Crippen LogP contribution in [0.2, 0.25) is 0 Å². The molecule has 0 bridgehead atoms. The van der Waals surface area contributed by atoms with Crippen molar-refractivity contribution in [3.63, 3.8) is 0 Å². The lowest BCUT2D eigenvalue weighted by molar-refractivity contribution is 0.273. The molecule has 0 spiro atoms. The largest absolute Gasteiger partial charge is 0.491 e. The molecule has 0 unspecified atom stereocenters. The van der Waals surface area contributed by atoms with Gasteiger partial charge in [-0.1, -0.05) is 38.1 Å². The van der Waals surface area contributed by atoms with E-state index < -0.39 is 6.67 Å². The van der Waals surface area contributed by atoms with Crippen LogP contribution in [0.1, 0.15) is 25.3 Å². The van der Waals surface area contributed by atoms with Crippen molar-refractivity contribution in [1.82, 2.24) is 0 Å². The molecule has 0 aliphatic carbocycles. The fourth-order valence-corrected chi connectivity index (χ4v) is 1.85. The summed E-state index contributed by atoms with van der Waals surface area (Å²) in [4.78, 5) is 0. The lowest BCUT2D eigenvalue weighted by Gasteiger charge is -2.08. The second-order valence-electron chi connectivity index (χ2n) is 4.46. The predicted octanol–water partition coefficient (Wildman–Crippen LogP) is 4.31. The smallest absolute Gasteiger partial charge is 0.123 e. The third-order valence-corrected chi connectivity index (χ3v) is 2.85. The van der Waals surface area contributed by atoms with Gasteiger partial charge in [0.25, 0.3) is 0 Å². The third kappa shape index (κ3) is 2.76. The van der Waals surface area contributed by atoms with Gasteiger partial charge in [-0.2, -0.15) is 0 Å². The van der Waals surface area contributed by atoms with Crippen molar-refractivity contribution in [1.29, 1.82) is 0 Å². The van der Waals surface area contributed by atoms with Crippen molar-refractivity contribution >= 4 is 10.8 Å². The SMILES string of the molecule is CC(C)c1ccc2cc(OCCF)ccc2c1. The zero-order valence-corrected chi connectivity index (χ0v) is 10.2. The molecular formula is C15H17FO. The van der Waals surface area contributed by atoms with Gasteiger partial charge in [-0.15, -0.1) is 0 Å². The Hall–Kier alpha value is -1.57. The summed E-state index contributed by atoms with van der Waals surface area (Å²) in [5.74, 6) is 1.26. The Balaban J connectivity index is 2.33. The van der Waals surface area contributed by atoms with Gasteiger partial charge in [0.15, 0.2) is 0 Å². The van der Waals surface area contributed by atoms with Crippen molar-refractivity contribution < 1.29 is 9.13 Å². The monoisotopic (exact) mass is 232 g/mol. The number of hydrogen-bond acceptors (Lipinski definition) is 1. The Morgan fingerprint density at radius 2 is 1.76 bits per heavy atom. The highest BCUT2D eigenvalue weighted by Gasteiger charge is 2.02. The van der Waals surface area contributed by atoms with E-state index in [1.165, 1.54) is 10.9 Å². The second-order valence-corrected chi connectivity index (χ2v) is 4.46. The molecule has 90 valence electrons. The number of alkyl halides is 1. The van der Waals surface area contributed by atoms with Crippen LogP contribution in [0.15, 0.2) is 36.4 Å². The van der Waals surface area contributed by atoms with Crippen LogP contribution in [0.25, 0.3) is 10.8 Å². The summed E-state index contributed by atoms with van der Waals surface area (Å²) >= 11 is 0. The van der Waals surface area contributed by atoms with Crippen molar-refractivity contribution in [2.45, 2.75) is 19.8 Å². The van der Waals surface area contributed by atoms with Crippen LogP contribution >= 0.6 is 0 Å². The highest BCUT2D eigenvalue weighted by molar-refractivity contribution is 5.84. The van der Waals surface area contributed by atoms with E-state index >= 15 is 0 Å². The Morgan fingerprint density at radius 3 is 2.47 bits per heavy atom. The first-order valence-electron chi connectivity index (χ1n) is 5.93. The van der Waals surface area contributed by atoms with E-state index in [0.717, 1.165) is 11.1 Å². The van der Waals surface area contributed by atoms with Crippen LogP contribution in [0.5, 0.6) is 5.75 Å². The number of benzene rings is 2. The summed E-state index contributed by atoms with van der Waals surface area (Å²) in [6.07, 6.45) is 0. The Labute approximate surface area is 101 Å². The maximum absolute atomic E-state index is 12.0. The Morgan fingerprint density at radius 1 is 1.06 bits per heavy atom. The molecule has 0 aliphatic heterocycles. The molecule has 0 atom stereocenters. The van der Waals surface area contributed by atoms with E-state index in [-0.39, 0.29) is 6.61 Å². The quantitative estimate of drug-likeness (QED) is 0.763. The average molecular weight is 232 g/mol. The lowest BCUT2D eigenvalue weighted by atomic mass is 9.99. The molecule has 1 nitrogen and oxygen atoms in total. The summed E-state index contributed by atoms with van der Waals surface area (Å²) in [5, 5.41) is 2.33. The first kappa shape index (κ1) is 11.9. The summed E-state index contributed by atoms with van der Waals surface area (Å²) in [5.41, 5.74) is 1.33. The lowest BCUT2D eigenvalue weighted by Crippen LogP contribution is -1.98. The van der Waals surface area contributed by atoms with Gasteiger partial charge in [0.05, 0.1) is 0 Å². The number of hydrogen-bond donors (Lipinski definition) is 0. The maximum atomic E-state index is 12.0. The molecular weight excluding hydrogens is 215 g/mol. The van der Waals surface area contributed by atoms with Gasteiger partial charge >= 0.3 is 0 Å². The fourth-order valence-electron chi connectivity index (χ4n) is 1.85. The maximum Gasteiger partial charge on any atom is 0.123 e. The number of halogens is 1. The first-order valence-corrected chi connectivity index (χ1v) is 5.93. The predicted molar refractivity (Wildman–Crippen MR) is 69.5 cm³/mol. The van der Waals surface area contributed by atoms with Crippen LogP contribution in [0.3, 0.4) is 0 Å². The molecule has 2 rings (SSSR count). The zero-order valence-electron chi connectivity index (χ0n) is 10.2. The fraction of sp³-hybridized carbons (Fsp3) is 0.333. The minimum Gasteiger partial charge on any atom is -0.491 e. The summed E-state index contributed by atoms with van der Waals surface area (Å²) < 4.78 is 17.3. The van der Waals surface area contributed by atoms with Crippen LogP contribution in [-0.2, 0) is 0 Å². The van der Waals surface area contributed by atoms with Gasteiger partial charge < -0.3 is 4.74 Å². The number of fused-ring (bicyclic) bond motifs is 1. The molecule has 0 aromatic heterocycles. The van der Waals surface area contributed by atoms with Crippen LogP contribution in [-0.4, -0.2) is 13.3 Å². The Bertz CT molecular complexity index is 505. The molecule has 0 heterocycles. The van der Waals surface area contributed by atoms with E-state index in [4.69, 9.17) is 4.74 Å². The molecule has 0 saturated carbocycles. The van der Waals surface area contributed by atoms with Gasteiger partial charge in [-0.25, -0.2) is 4.39 Å². The minimum absolute atomic E-state index is 0.121. The number of ether oxygens (including phenoxy) is 1. The van der Waals surface area contributed by atoms with Crippen LogP contribution in [0.4, 0.5) is 4.39 Å². The molecule has 0 radical (unpaired) electrons. The zero-order chi connectivity index (χ0) is 12.3. The molecule has 0 fully saturated rings. The average Bonchev–Trinajstić information content (AvgIpc) is 2.35. The second kappa shape index (κ2) is 5.17. The summed E-state index contributed by atoms with van der Waals surface area (Å²) in [7, 11) is 0. The van der Waals surface area contributed by atoms with E-state index in [9.17, 15) is 4.39 Å². The topological polar surface area (TPSA) is 9.23 Å². The van der Waals surface area contributed by atoms with Gasteiger partial charge in [-0.3, -0.25) is 0 Å². The first-order chi connectivity index (χ1) is 8.20. The molecule has 0 amide bonds. The van der Waals surface area contributed by atoms with E-state index in [0.29, 0.717) is 5.92 Å². The van der Waals surface area contributed by atoms with Gasteiger partial charge in [0.2, 0.25) is 0 Å². The van der Waals surface area contributed by atoms with E-state index in [1.807, 2.05) is 18.2 Å². The highest BCUT2D eigenvalue weighted by Crippen LogP contribution is 2.24. The van der Waals surface area contributed by atoms with E-state index in [1.54, 1.807) is 0 Å². The molecule has 0 N–H and O–H groups in total. The van der Waals surface area contributed by atoms with Crippen molar-refractivity contribution in [2.24, 2.45) is 0 Å². The standard InChI is InChI=1S/C15H17FO/c1-11(2)12-3-4-14-10-15(17-8-7-16)6-5-13(14)9-12/h3-6,9-11H,7-8H2,1-2H3. The van der Waals surface area contributed by atoms with Crippen LogP contribution in [0, 0.1) is 0 Å². The third-order valence-electron chi connectivity index (χ3n) is 2.85. The molecule has 2 heteroatoms. The van der Waals surface area contributed by atoms with Crippen molar-refractivity contribution in [3.8, 4) is 5.75 Å². The van der Waals surface area contributed by atoms with Crippen LogP contribution < -0.4 is 4.74 Å².